The Bertz CT molecular complexity index is 451. The minimum atomic E-state index is -0.406. The van der Waals surface area contributed by atoms with Gasteiger partial charge in [0.15, 0.2) is 0 Å². The zero-order valence-corrected chi connectivity index (χ0v) is 11.8. The minimum absolute atomic E-state index is 0.173. The lowest BCUT2D eigenvalue weighted by Crippen LogP contribution is -2.41. The molecule has 1 aliphatic rings. The Morgan fingerprint density at radius 3 is 3.05 bits per heavy atom. The van der Waals surface area contributed by atoms with Gasteiger partial charge in [-0.3, -0.25) is 9.69 Å². The molecule has 0 radical (unpaired) electrons. The number of amides is 1. The lowest BCUT2D eigenvalue weighted by Gasteiger charge is -2.31. The summed E-state index contributed by atoms with van der Waals surface area (Å²) in [6.07, 6.45) is 2.21. The number of piperidine rings is 1. The molecule has 1 aromatic carbocycles. The summed E-state index contributed by atoms with van der Waals surface area (Å²) >= 11 is 0. The van der Waals surface area contributed by atoms with Crippen molar-refractivity contribution in [3.63, 3.8) is 0 Å². The number of likely N-dealkylation sites (tertiary alicyclic amines) is 1. The van der Waals surface area contributed by atoms with E-state index in [4.69, 9.17) is 4.74 Å². The Balaban J connectivity index is 1.84. The summed E-state index contributed by atoms with van der Waals surface area (Å²) < 4.78 is 18.6. The molecule has 0 spiro atoms. The van der Waals surface area contributed by atoms with Gasteiger partial charge in [0.25, 0.3) is 0 Å². The van der Waals surface area contributed by atoms with Crippen LogP contribution in [-0.4, -0.2) is 44.2 Å². The number of anilines is 1. The van der Waals surface area contributed by atoms with Crippen molar-refractivity contribution in [2.75, 3.05) is 38.7 Å². The van der Waals surface area contributed by atoms with Crippen LogP contribution < -0.4 is 5.32 Å². The smallest absolute Gasteiger partial charge is 0.238 e. The predicted octanol–water partition coefficient (Wildman–Crippen LogP) is 2.12. The third kappa shape index (κ3) is 4.28. The summed E-state index contributed by atoms with van der Waals surface area (Å²) in [7, 11) is 1.70. The van der Waals surface area contributed by atoms with Gasteiger partial charge in [-0.2, -0.15) is 0 Å². The fourth-order valence-corrected chi connectivity index (χ4v) is 2.62. The fourth-order valence-electron chi connectivity index (χ4n) is 2.62. The Morgan fingerprint density at radius 1 is 1.50 bits per heavy atom. The number of halogens is 1. The molecular weight excluding hydrogens is 259 g/mol. The van der Waals surface area contributed by atoms with E-state index in [1.807, 2.05) is 0 Å². The number of hydrogen-bond acceptors (Lipinski definition) is 3. The first kappa shape index (κ1) is 14.9. The lowest BCUT2D eigenvalue weighted by molar-refractivity contribution is -0.117. The number of benzene rings is 1. The summed E-state index contributed by atoms with van der Waals surface area (Å²) in [6, 6.07) is 6.21. The molecule has 0 bridgehead atoms. The number of carbonyl (C=O) groups is 1. The van der Waals surface area contributed by atoms with Crippen molar-refractivity contribution in [3.05, 3.63) is 30.1 Å². The van der Waals surface area contributed by atoms with Crippen LogP contribution in [0.1, 0.15) is 12.8 Å². The van der Waals surface area contributed by atoms with Crippen LogP contribution in [0.5, 0.6) is 0 Å². The summed E-state index contributed by atoms with van der Waals surface area (Å²) in [5.41, 5.74) is 0.239. The van der Waals surface area contributed by atoms with Gasteiger partial charge >= 0.3 is 0 Å². The first-order valence-electron chi connectivity index (χ1n) is 6.94. The molecule has 1 fully saturated rings. The van der Waals surface area contributed by atoms with Crippen molar-refractivity contribution >= 4 is 11.6 Å². The number of methoxy groups -OCH3 is 1. The van der Waals surface area contributed by atoms with E-state index in [1.165, 1.54) is 6.07 Å². The van der Waals surface area contributed by atoms with E-state index >= 15 is 0 Å². The van der Waals surface area contributed by atoms with E-state index in [2.05, 4.69) is 10.2 Å². The zero-order chi connectivity index (χ0) is 14.4. The molecule has 1 N–H and O–H groups in total. The third-order valence-electron chi connectivity index (χ3n) is 3.52. The maximum absolute atomic E-state index is 13.4. The highest BCUT2D eigenvalue weighted by Crippen LogP contribution is 2.17. The number of rotatable bonds is 5. The quantitative estimate of drug-likeness (QED) is 0.898. The number of ether oxygens (including phenoxy) is 1. The SMILES string of the molecule is COC[C@@H]1CCCN(CC(=O)Nc2ccccc2F)C1. The van der Waals surface area contributed by atoms with Crippen LogP contribution in [0, 0.1) is 11.7 Å². The standard InChI is InChI=1S/C15H21FN2O2/c1-20-11-12-5-4-8-18(9-12)10-15(19)17-14-7-3-2-6-13(14)16/h2-3,6-7,12H,4-5,8-11H2,1H3,(H,17,19)/t12-/m1/s1. The van der Waals surface area contributed by atoms with Crippen molar-refractivity contribution in [1.82, 2.24) is 4.90 Å². The van der Waals surface area contributed by atoms with Gasteiger partial charge in [0.05, 0.1) is 18.8 Å². The first-order valence-corrected chi connectivity index (χ1v) is 6.94. The molecule has 1 amide bonds. The second-order valence-corrected chi connectivity index (χ2v) is 5.23. The average Bonchev–Trinajstić information content (AvgIpc) is 2.42. The first-order chi connectivity index (χ1) is 9.69. The maximum Gasteiger partial charge on any atom is 0.238 e. The zero-order valence-electron chi connectivity index (χ0n) is 11.8. The summed E-state index contributed by atoms with van der Waals surface area (Å²) in [4.78, 5) is 14.0. The molecule has 1 heterocycles. The monoisotopic (exact) mass is 280 g/mol. The van der Waals surface area contributed by atoms with E-state index < -0.39 is 5.82 Å². The van der Waals surface area contributed by atoms with Crippen LogP contribution in [0.4, 0.5) is 10.1 Å². The van der Waals surface area contributed by atoms with Gasteiger partial charge in [-0.25, -0.2) is 4.39 Å². The number of hydrogen-bond donors (Lipinski definition) is 1. The second-order valence-electron chi connectivity index (χ2n) is 5.23. The molecule has 1 aliphatic heterocycles. The van der Waals surface area contributed by atoms with Gasteiger partial charge in [0, 0.05) is 13.7 Å². The van der Waals surface area contributed by atoms with Gasteiger partial charge in [0.1, 0.15) is 5.82 Å². The average molecular weight is 280 g/mol. The van der Waals surface area contributed by atoms with Crippen LogP contribution in [0.15, 0.2) is 24.3 Å². The van der Waals surface area contributed by atoms with Crippen LogP contribution in [-0.2, 0) is 9.53 Å². The highest BCUT2D eigenvalue weighted by molar-refractivity contribution is 5.92. The van der Waals surface area contributed by atoms with E-state index in [9.17, 15) is 9.18 Å². The van der Waals surface area contributed by atoms with E-state index in [0.717, 1.165) is 32.5 Å². The van der Waals surface area contributed by atoms with Gasteiger partial charge in [-0.1, -0.05) is 12.1 Å². The molecule has 5 heteroatoms. The van der Waals surface area contributed by atoms with E-state index in [1.54, 1.807) is 25.3 Å². The van der Waals surface area contributed by atoms with E-state index in [0.29, 0.717) is 12.5 Å². The molecule has 20 heavy (non-hydrogen) atoms. The van der Waals surface area contributed by atoms with Crippen LogP contribution >= 0.6 is 0 Å². The molecule has 4 nitrogen and oxygen atoms in total. The number of nitrogens with one attached hydrogen (secondary N) is 1. The number of carbonyl (C=O) groups excluding carboxylic acids is 1. The van der Waals surface area contributed by atoms with Crippen molar-refractivity contribution in [2.24, 2.45) is 5.92 Å². The molecule has 0 unspecified atom stereocenters. The minimum Gasteiger partial charge on any atom is -0.384 e. The summed E-state index contributed by atoms with van der Waals surface area (Å²) in [6.45, 7) is 2.80. The van der Waals surface area contributed by atoms with Crippen LogP contribution in [0.25, 0.3) is 0 Å². The van der Waals surface area contributed by atoms with Gasteiger partial charge in [-0.05, 0) is 37.4 Å². The fraction of sp³-hybridized carbons (Fsp3) is 0.533. The molecule has 1 aromatic rings. The second kappa shape index (κ2) is 7.36. The van der Waals surface area contributed by atoms with Gasteiger partial charge in [0.2, 0.25) is 5.91 Å². The molecule has 110 valence electrons. The normalized spacial score (nSPS) is 19.8. The maximum atomic E-state index is 13.4. The summed E-state index contributed by atoms with van der Waals surface area (Å²) in [5, 5.41) is 2.62. The van der Waals surface area contributed by atoms with Crippen LogP contribution in [0.2, 0.25) is 0 Å². The lowest BCUT2D eigenvalue weighted by atomic mass is 9.99. The number of nitrogens with zero attached hydrogens (tertiary/aromatic N) is 1. The van der Waals surface area contributed by atoms with E-state index in [-0.39, 0.29) is 11.6 Å². The Labute approximate surface area is 118 Å². The van der Waals surface area contributed by atoms with Crippen molar-refractivity contribution < 1.29 is 13.9 Å². The largest absolute Gasteiger partial charge is 0.384 e. The highest BCUT2D eigenvalue weighted by Gasteiger charge is 2.21. The number of para-hydroxylation sites is 1. The molecule has 0 aromatic heterocycles. The Kier molecular flexibility index (Phi) is 5.49. The molecule has 0 aliphatic carbocycles. The topological polar surface area (TPSA) is 41.6 Å². The molecule has 2 rings (SSSR count). The summed E-state index contributed by atoms with van der Waals surface area (Å²) in [5.74, 6) is -0.0973. The Hall–Kier alpha value is -1.46. The molecule has 1 atom stereocenters. The van der Waals surface area contributed by atoms with Crippen LogP contribution in [0.3, 0.4) is 0 Å². The van der Waals surface area contributed by atoms with Crippen molar-refractivity contribution in [2.45, 2.75) is 12.8 Å². The highest BCUT2D eigenvalue weighted by atomic mass is 19.1. The van der Waals surface area contributed by atoms with Crippen molar-refractivity contribution in [1.29, 1.82) is 0 Å². The molecule has 0 saturated carbocycles. The molecule has 1 saturated heterocycles. The van der Waals surface area contributed by atoms with Gasteiger partial charge in [-0.15, -0.1) is 0 Å². The van der Waals surface area contributed by atoms with Crippen molar-refractivity contribution in [3.8, 4) is 0 Å². The molecular formula is C15H21FN2O2. The van der Waals surface area contributed by atoms with Gasteiger partial charge < -0.3 is 10.1 Å². The Morgan fingerprint density at radius 2 is 2.30 bits per heavy atom. The predicted molar refractivity (Wildman–Crippen MR) is 76.1 cm³/mol. The third-order valence-corrected chi connectivity index (χ3v) is 3.52.